The summed E-state index contributed by atoms with van der Waals surface area (Å²) in [6.45, 7) is 0. The Bertz CT molecular complexity index is 1950. The minimum atomic E-state index is -1.28. The van der Waals surface area contributed by atoms with Crippen LogP contribution in [-0.4, -0.2) is 68.8 Å². The Morgan fingerprint density at radius 2 is 1.10 bits per heavy atom. The number of nitrogens with two attached hydrogens (primary N) is 2. The number of amides is 4. The van der Waals surface area contributed by atoms with Crippen LogP contribution >= 0.6 is 0 Å². The molecule has 0 aliphatic heterocycles. The summed E-state index contributed by atoms with van der Waals surface area (Å²) in [5, 5.41) is 19.7. The summed E-state index contributed by atoms with van der Waals surface area (Å²) in [6, 6.07) is 19.0. The normalized spacial score (nSPS) is 13.7. The molecule has 0 saturated heterocycles. The predicted molar refractivity (Wildman–Crippen MR) is 184 cm³/mol. The predicted octanol–water partition coefficient (Wildman–Crippen LogP) is 1.81. The number of carbonyl (C=O) groups excluding carboxylic acids is 4. The number of carbonyl (C=O) groups is 5. The van der Waals surface area contributed by atoms with Gasteiger partial charge in [0, 0.05) is 59.9 Å². The summed E-state index contributed by atoms with van der Waals surface area (Å²) in [5.74, 6) is -3.92. The lowest BCUT2D eigenvalue weighted by molar-refractivity contribution is -0.142. The Balaban J connectivity index is 1.43. The molecular weight excluding hydrogens is 626 g/mol. The Morgan fingerprint density at radius 3 is 1.61 bits per heavy atom. The van der Waals surface area contributed by atoms with E-state index in [9.17, 15) is 29.1 Å². The van der Waals surface area contributed by atoms with E-state index in [2.05, 4.69) is 25.9 Å². The molecule has 0 fully saturated rings. The fourth-order valence-corrected chi connectivity index (χ4v) is 5.76. The first-order valence-electron chi connectivity index (χ1n) is 15.9. The third-order valence-electron chi connectivity index (χ3n) is 8.40. The van der Waals surface area contributed by atoms with E-state index in [-0.39, 0.29) is 32.1 Å². The molecule has 13 heteroatoms. The van der Waals surface area contributed by atoms with Crippen LogP contribution < -0.4 is 27.4 Å². The fraction of sp³-hybridized carbons (Fsp3) is 0.250. The molecule has 0 saturated carbocycles. The fourth-order valence-electron chi connectivity index (χ4n) is 5.76. The smallest absolute Gasteiger partial charge is 0.326 e. The van der Waals surface area contributed by atoms with Gasteiger partial charge < -0.3 is 42.5 Å². The van der Waals surface area contributed by atoms with Gasteiger partial charge in [0.25, 0.3) is 0 Å². The molecule has 4 amide bonds. The van der Waals surface area contributed by atoms with Gasteiger partial charge >= 0.3 is 5.97 Å². The van der Waals surface area contributed by atoms with Crippen molar-refractivity contribution in [1.82, 2.24) is 25.9 Å². The van der Waals surface area contributed by atoms with Crippen LogP contribution in [0.5, 0.6) is 0 Å². The van der Waals surface area contributed by atoms with Crippen LogP contribution in [0.15, 0.2) is 91.3 Å². The van der Waals surface area contributed by atoms with Gasteiger partial charge in [-0.15, -0.1) is 0 Å². The Hall–Kier alpha value is -5.95. The van der Waals surface area contributed by atoms with E-state index >= 15 is 0 Å². The molecule has 49 heavy (non-hydrogen) atoms. The quantitative estimate of drug-likeness (QED) is 0.0779. The number of aliphatic carboxylic acids is 1. The van der Waals surface area contributed by atoms with Gasteiger partial charge in [0.2, 0.25) is 23.6 Å². The molecule has 2 heterocycles. The first-order chi connectivity index (χ1) is 23.6. The highest BCUT2D eigenvalue weighted by molar-refractivity contribution is 5.95. The minimum absolute atomic E-state index is 0.0190. The van der Waals surface area contributed by atoms with Gasteiger partial charge in [-0.3, -0.25) is 19.2 Å². The maximum Gasteiger partial charge on any atom is 0.326 e. The van der Waals surface area contributed by atoms with Crippen LogP contribution in [0.2, 0.25) is 0 Å². The SMILES string of the molecule is NC(=O)CCC(N)C(=O)NC(Cc1c[nH]c2ccccc12)C(=O)NC(Cc1c[nH]c2ccccc12)C(=O)NC(Cc1ccccc1)C(=O)O. The topological polar surface area (TPSA) is 225 Å². The third kappa shape index (κ3) is 8.90. The lowest BCUT2D eigenvalue weighted by atomic mass is 10.0. The number of aromatic amines is 2. The number of primary amides is 1. The molecule has 13 nitrogen and oxygen atoms in total. The number of benzene rings is 3. The standard InChI is InChI=1S/C36H39N7O6/c37-26(14-15-32(38)44)33(45)41-29(17-22-19-39-27-12-6-4-10-24(22)27)34(46)42-30(18-23-20-40-28-13-7-5-11-25(23)28)35(47)43-31(36(48)49)16-21-8-2-1-3-9-21/h1-13,19-20,26,29-31,39-40H,14-18,37H2,(H2,38,44)(H,41,45)(H,42,46)(H,43,47)(H,48,49). The maximum absolute atomic E-state index is 14.1. The number of carboxylic acid groups (broad SMARTS) is 1. The van der Waals surface area contributed by atoms with Crippen molar-refractivity contribution < 1.29 is 29.1 Å². The van der Waals surface area contributed by atoms with E-state index in [0.29, 0.717) is 5.56 Å². The van der Waals surface area contributed by atoms with Crippen molar-refractivity contribution in [2.75, 3.05) is 0 Å². The highest BCUT2D eigenvalue weighted by Gasteiger charge is 2.32. The van der Waals surface area contributed by atoms with E-state index in [1.54, 1.807) is 42.7 Å². The zero-order valence-electron chi connectivity index (χ0n) is 26.6. The summed E-state index contributed by atoms with van der Waals surface area (Å²) in [6.07, 6.45) is 3.42. The first kappa shape index (κ1) is 34.4. The number of H-pyrrole nitrogens is 2. The number of carboxylic acids is 1. The molecule has 3 aromatic carbocycles. The molecule has 0 bridgehead atoms. The molecule has 254 valence electrons. The van der Waals surface area contributed by atoms with E-state index in [0.717, 1.165) is 32.9 Å². The maximum atomic E-state index is 14.1. The summed E-state index contributed by atoms with van der Waals surface area (Å²) in [7, 11) is 0. The number of rotatable bonds is 16. The van der Waals surface area contributed by atoms with Crippen LogP contribution in [-0.2, 0) is 43.2 Å². The highest BCUT2D eigenvalue weighted by atomic mass is 16.4. The van der Waals surface area contributed by atoms with Gasteiger partial charge in [0.1, 0.15) is 18.1 Å². The number of aromatic nitrogens is 2. The van der Waals surface area contributed by atoms with Crippen LogP contribution in [0.3, 0.4) is 0 Å². The van der Waals surface area contributed by atoms with Gasteiger partial charge in [0.15, 0.2) is 0 Å². The minimum Gasteiger partial charge on any atom is -0.480 e. The zero-order valence-corrected chi connectivity index (χ0v) is 26.6. The molecule has 0 spiro atoms. The number of hydrogen-bond acceptors (Lipinski definition) is 6. The number of nitrogens with one attached hydrogen (secondary N) is 5. The molecule has 5 rings (SSSR count). The molecule has 4 unspecified atom stereocenters. The van der Waals surface area contributed by atoms with Gasteiger partial charge in [-0.1, -0.05) is 66.7 Å². The van der Waals surface area contributed by atoms with Crippen molar-refractivity contribution in [3.05, 3.63) is 108 Å². The van der Waals surface area contributed by atoms with Crippen molar-refractivity contribution in [1.29, 1.82) is 0 Å². The number of fused-ring (bicyclic) bond motifs is 2. The molecule has 0 aliphatic carbocycles. The van der Waals surface area contributed by atoms with Crippen LogP contribution in [0, 0.1) is 0 Å². The third-order valence-corrected chi connectivity index (χ3v) is 8.40. The van der Waals surface area contributed by atoms with E-state index < -0.39 is 53.8 Å². The Labute approximate surface area is 281 Å². The second-order valence-electron chi connectivity index (χ2n) is 12.0. The van der Waals surface area contributed by atoms with Gasteiger partial charge in [0.05, 0.1) is 6.04 Å². The molecule has 4 atom stereocenters. The first-order valence-corrected chi connectivity index (χ1v) is 15.9. The van der Waals surface area contributed by atoms with Gasteiger partial charge in [-0.2, -0.15) is 0 Å². The number of para-hydroxylation sites is 2. The van der Waals surface area contributed by atoms with Gasteiger partial charge in [-0.05, 0) is 35.2 Å². The molecule has 0 aliphatic rings. The van der Waals surface area contributed by atoms with Crippen LogP contribution in [0.25, 0.3) is 21.8 Å². The largest absolute Gasteiger partial charge is 0.480 e. The lowest BCUT2D eigenvalue weighted by Gasteiger charge is -2.25. The van der Waals surface area contributed by atoms with Crippen LogP contribution in [0.1, 0.15) is 29.5 Å². The highest BCUT2D eigenvalue weighted by Crippen LogP contribution is 2.21. The second-order valence-corrected chi connectivity index (χ2v) is 12.0. The summed E-state index contributed by atoms with van der Waals surface area (Å²) >= 11 is 0. The van der Waals surface area contributed by atoms with Crippen molar-refractivity contribution in [2.24, 2.45) is 11.5 Å². The zero-order chi connectivity index (χ0) is 34.9. The van der Waals surface area contributed by atoms with E-state index in [1.807, 2.05) is 48.5 Å². The summed E-state index contributed by atoms with van der Waals surface area (Å²) in [5.41, 5.74) is 15.1. The average Bonchev–Trinajstić information content (AvgIpc) is 3.70. The molecule has 2 aromatic heterocycles. The molecule has 5 aromatic rings. The lowest BCUT2D eigenvalue weighted by Crippen LogP contribution is -2.58. The van der Waals surface area contributed by atoms with Crippen molar-refractivity contribution in [3.8, 4) is 0 Å². The van der Waals surface area contributed by atoms with Gasteiger partial charge in [-0.25, -0.2) is 4.79 Å². The second kappa shape index (κ2) is 15.8. The van der Waals surface area contributed by atoms with E-state index in [1.165, 1.54) is 0 Å². The van der Waals surface area contributed by atoms with Crippen molar-refractivity contribution in [3.63, 3.8) is 0 Å². The number of hydrogen-bond donors (Lipinski definition) is 8. The summed E-state index contributed by atoms with van der Waals surface area (Å²) in [4.78, 5) is 71.0. The average molecular weight is 666 g/mol. The van der Waals surface area contributed by atoms with Crippen molar-refractivity contribution >= 4 is 51.4 Å². The molecule has 0 radical (unpaired) electrons. The monoisotopic (exact) mass is 665 g/mol. The molecular formula is C36H39N7O6. The van der Waals surface area contributed by atoms with E-state index in [4.69, 9.17) is 11.5 Å². The van der Waals surface area contributed by atoms with Crippen molar-refractivity contribution in [2.45, 2.75) is 56.3 Å². The Kier molecular flexibility index (Phi) is 11.1. The summed E-state index contributed by atoms with van der Waals surface area (Å²) < 4.78 is 0. The Morgan fingerprint density at radius 1 is 0.633 bits per heavy atom. The van der Waals surface area contributed by atoms with Crippen LogP contribution in [0.4, 0.5) is 0 Å². The molecule has 10 N–H and O–H groups in total.